The zero-order valence-corrected chi connectivity index (χ0v) is 7.46. The van der Waals surface area contributed by atoms with Crippen molar-refractivity contribution in [1.82, 2.24) is 0 Å². The van der Waals surface area contributed by atoms with Gasteiger partial charge in [-0.05, 0) is 12.0 Å². The molecule has 0 fully saturated rings. The lowest BCUT2D eigenvalue weighted by Crippen LogP contribution is -2.01. The van der Waals surface area contributed by atoms with Crippen molar-refractivity contribution in [2.24, 2.45) is 5.73 Å². The van der Waals surface area contributed by atoms with Crippen LogP contribution in [-0.2, 0) is 0 Å². The van der Waals surface area contributed by atoms with E-state index in [9.17, 15) is 0 Å². The van der Waals surface area contributed by atoms with Gasteiger partial charge in [0.1, 0.15) is 0 Å². The molecule has 0 aromatic heterocycles. The van der Waals surface area contributed by atoms with Gasteiger partial charge in [-0.1, -0.05) is 48.9 Å². The van der Waals surface area contributed by atoms with E-state index in [1.54, 1.807) is 0 Å². The van der Waals surface area contributed by atoms with Gasteiger partial charge in [0.15, 0.2) is 0 Å². The van der Waals surface area contributed by atoms with Gasteiger partial charge in [0.25, 0.3) is 0 Å². The molecule has 0 atom stereocenters. The predicted octanol–water partition coefficient (Wildman–Crippen LogP) is 2.44. The van der Waals surface area contributed by atoms with Crippen molar-refractivity contribution in [2.45, 2.75) is 13.3 Å². The molecular formula is C11H15N. The van der Waals surface area contributed by atoms with Crippen molar-refractivity contribution in [1.29, 1.82) is 0 Å². The molecule has 2 N–H and O–H groups in total. The second kappa shape index (κ2) is 4.73. The molecule has 0 unspecified atom stereocenters. The summed E-state index contributed by atoms with van der Waals surface area (Å²) in [6.45, 7) is 2.78. The van der Waals surface area contributed by atoms with Crippen molar-refractivity contribution in [3.05, 3.63) is 41.5 Å². The first-order valence-electron chi connectivity index (χ1n) is 4.31. The van der Waals surface area contributed by atoms with Crippen LogP contribution in [0.5, 0.6) is 0 Å². The maximum Gasteiger partial charge on any atom is 0.0140 e. The van der Waals surface area contributed by atoms with Crippen molar-refractivity contribution < 1.29 is 0 Å². The second-order valence-electron chi connectivity index (χ2n) is 2.77. The zero-order valence-electron chi connectivity index (χ0n) is 7.46. The first-order chi connectivity index (χ1) is 5.86. The Morgan fingerprint density at radius 2 is 2.00 bits per heavy atom. The summed E-state index contributed by atoms with van der Waals surface area (Å²) in [6.07, 6.45) is 3.19. The molecule has 0 aliphatic carbocycles. The zero-order chi connectivity index (χ0) is 8.81. The Hall–Kier alpha value is -1.08. The maximum absolute atomic E-state index is 5.56. The molecule has 1 nitrogen and oxygen atoms in total. The van der Waals surface area contributed by atoms with Crippen molar-refractivity contribution in [2.75, 3.05) is 6.54 Å². The summed E-state index contributed by atoms with van der Waals surface area (Å²) in [7, 11) is 0. The van der Waals surface area contributed by atoms with Gasteiger partial charge < -0.3 is 5.73 Å². The fourth-order valence-corrected chi connectivity index (χ4v) is 1.09. The summed E-state index contributed by atoms with van der Waals surface area (Å²) >= 11 is 0. The van der Waals surface area contributed by atoms with E-state index >= 15 is 0 Å². The highest BCUT2D eigenvalue weighted by Gasteiger charge is 1.90. The molecule has 0 spiro atoms. The lowest BCUT2D eigenvalue weighted by Gasteiger charge is -1.99. The third-order valence-electron chi connectivity index (χ3n) is 1.89. The lowest BCUT2D eigenvalue weighted by molar-refractivity contribution is 1.02. The van der Waals surface area contributed by atoms with Crippen LogP contribution in [-0.4, -0.2) is 6.54 Å². The van der Waals surface area contributed by atoms with Crippen LogP contribution in [0.25, 0.3) is 6.08 Å². The Balaban J connectivity index is 2.79. The van der Waals surface area contributed by atoms with Crippen LogP contribution >= 0.6 is 0 Å². The number of benzene rings is 1. The van der Waals surface area contributed by atoms with Gasteiger partial charge in [-0.2, -0.15) is 0 Å². The molecule has 0 amide bonds. The van der Waals surface area contributed by atoms with Gasteiger partial charge >= 0.3 is 0 Å². The summed E-state index contributed by atoms with van der Waals surface area (Å²) in [5.41, 5.74) is 8.09. The molecule has 0 radical (unpaired) electrons. The van der Waals surface area contributed by atoms with Crippen LogP contribution in [0.3, 0.4) is 0 Å². The second-order valence-corrected chi connectivity index (χ2v) is 2.77. The van der Waals surface area contributed by atoms with Gasteiger partial charge in [0, 0.05) is 6.54 Å². The summed E-state index contributed by atoms with van der Waals surface area (Å²) in [6, 6.07) is 10.3. The number of hydrogen-bond donors (Lipinski definition) is 1. The molecule has 12 heavy (non-hydrogen) atoms. The number of rotatable bonds is 3. The Morgan fingerprint density at radius 3 is 2.50 bits per heavy atom. The standard InChI is InChI=1S/C11H15N/c1-2-10(9-12)8-11-6-4-3-5-7-11/h3-8H,2,9,12H2,1H3. The highest BCUT2D eigenvalue weighted by Crippen LogP contribution is 2.07. The Morgan fingerprint density at radius 1 is 1.33 bits per heavy atom. The van der Waals surface area contributed by atoms with E-state index in [2.05, 4.69) is 25.1 Å². The topological polar surface area (TPSA) is 26.0 Å². The van der Waals surface area contributed by atoms with Crippen LogP contribution in [0.15, 0.2) is 35.9 Å². The SMILES string of the molecule is CCC(=Cc1ccccc1)CN. The number of nitrogens with two attached hydrogens (primary N) is 1. The van der Waals surface area contributed by atoms with Crippen LogP contribution in [0.2, 0.25) is 0 Å². The molecule has 0 saturated carbocycles. The third-order valence-corrected chi connectivity index (χ3v) is 1.89. The number of hydrogen-bond acceptors (Lipinski definition) is 1. The largest absolute Gasteiger partial charge is 0.327 e. The Labute approximate surface area is 73.9 Å². The molecule has 0 saturated heterocycles. The van der Waals surface area contributed by atoms with Crippen LogP contribution in [0.4, 0.5) is 0 Å². The Bertz CT molecular complexity index is 243. The molecule has 1 heteroatoms. The van der Waals surface area contributed by atoms with Crippen LogP contribution < -0.4 is 5.73 Å². The monoisotopic (exact) mass is 161 g/mol. The Kier molecular flexibility index (Phi) is 3.55. The smallest absolute Gasteiger partial charge is 0.0140 e. The minimum absolute atomic E-state index is 0.658. The summed E-state index contributed by atoms with van der Waals surface area (Å²) in [4.78, 5) is 0. The van der Waals surface area contributed by atoms with Crippen molar-refractivity contribution in [3.8, 4) is 0 Å². The van der Waals surface area contributed by atoms with E-state index in [0.29, 0.717) is 6.54 Å². The van der Waals surface area contributed by atoms with E-state index in [1.807, 2.05) is 18.2 Å². The summed E-state index contributed by atoms with van der Waals surface area (Å²) < 4.78 is 0. The predicted molar refractivity (Wildman–Crippen MR) is 53.8 cm³/mol. The van der Waals surface area contributed by atoms with Gasteiger partial charge in [-0.25, -0.2) is 0 Å². The summed E-state index contributed by atoms with van der Waals surface area (Å²) in [5, 5.41) is 0. The average Bonchev–Trinajstić information content (AvgIpc) is 2.16. The fourth-order valence-electron chi connectivity index (χ4n) is 1.09. The summed E-state index contributed by atoms with van der Waals surface area (Å²) in [5.74, 6) is 0. The van der Waals surface area contributed by atoms with E-state index in [1.165, 1.54) is 11.1 Å². The van der Waals surface area contributed by atoms with Gasteiger partial charge in [-0.15, -0.1) is 0 Å². The lowest BCUT2D eigenvalue weighted by atomic mass is 10.1. The van der Waals surface area contributed by atoms with Crippen molar-refractivity contribution in [3.63, 3.8) is 0 Å². The third kappa shape index (κ3) is 2.51. The molecule has 1 aromatic rings. The molecule has 0 aliphatic rings. The van der Waals surface area contributed by atoms with E-state index in [-0.39, 0.29) is 0 Å². The quantitative estimate of drug-likeness (QED) is 0.724. The average molecular weight is 161 g/mol. The fraction of sp³-hybridized carbons (Fsp3) is 0.273. The minimum Gasteiger partial charge on any atom is -0.327 e. The molecule has 64 valence electrons. The highest BCUT2D eigenvalue weighted by atomic mass is 14.5. The normalized spacial score (nSPS) is 11.7. The molecular weight excluding hydrogens is 146 g/mol. The molecule has 0 bridgehead atoms. The minimum atomic E-state index is 0.658. The molecule has 0 aliphatic heterocycles. The first kappa shape index (κ1) is 9.01. The van der Waals surface area contributed by atoms with Crippen LogP contribution in [0.1, 0.15) is 18.9 Å². The highest BCUT2D eigenvalue weighted by molar-refractivity contribution is 5.52. The van der Waals surface area contributed by atoms with Crippen molar-refractivity contribution >= 4 is 6.08 Å². The molecule has 1 rings (SSSR count). The van der Waals surface area contributed by atoms with E-state index < -0.39 is 0 Å². The van der Waals surface area contributed by atoms with E-state index in [4.69, 9.17) is 5.73 Å². The van der Waals surface area contributed by atoms with Crippen LogP contribution in [0, 0.1) is 0 Å². The maximum atomic E-state index is 5.56. The van der Waals surface area contributed by atoms with Gasteiger partial charge in [0.05, 0.1) is 0 Å². The molecule has 1 aromatic carbocycles. The van der Waals surface area contributed by atoms with Gasteiger partial charge in [0.2, 0.25) is 0 Å². The molecule has 0 heterocycles. The van der Waals surface area contributed by atoms with E-state index in [0.717, 1.165) is 6.42 Å². The first-order valence-corrected chi connectivity index (χ1v) is 4.31. The van der Waals surface area contributed by atoms with Gasteiger partial charge in [-0.3, -0.25) is 0 Å².